The highest BCUT2D eigenvalue weighted by Gasteiger charge is 2.21. The Labute approximate surface area is 351 Å². The molecule has 11 aromatic carbocycles. The maximum Gasteiger partial charge on any atom is -0.00259 e. The predicted molar refractivity (Wildman–Crippen MR) is 257 cm³/mol. The van der Waals surface area contributed by atoms with E-state index in [1.165, 1.54) is 110 Å². The molecule has 0 nitrogen and oxygen atoms in total. The van der Waals surface area contributed by atoms with Gasteiger partial charge < -0.3 is 0 Å². The number of rotatable bonds is 7. The molecule has 0 aliphatic heterocycles. The van der Waals surface area contributed by atoms with Gasteiger partial charge in [0.1, 0.15) is 0 Å². The van der Waals surface area contributed by atoms with Crippen molar-refractivity contribution >= 4 is 32.3 Å². The topological polar surface area (TPSA) is 0 Å². The summed E-state index contributed by atoms with van der Waals surface area (Å²) in [5, 5.41) is 7.43. The summed E-state index contributed by atoms with van der Waals surface area (Å²) in [6.07, 6.45) is 0. The number of hydrogen-bond donors (Lipinski definition) is 0. The van der Waals surface area contributed by atoms with Gasteiger partial charge in [0.25, 0.3) is 0 Å². The Morgan fingerprint density at radius 2 is 0.567 bits per heavy atom. The molecule has 280 valence electrons. The fourth-order valence-corrected chi connectivity index (χ4v) is 9.32. The van der Waals surface area contributed by atoms with Gasteiger partial charge in [0.05, 0.1) is 0 Å². The molecule has 0 radical (unpaired) electrons. The van der Waals surface area contributed by atoms with Gasteiger partial charge in [-0.3, -0.25) is 0 Å². The number of benzene rings is 11. The summed E-state index contributed by atoms with van der Waals surface area (Å²) in [6, 6.07) is 88.9. The molecular weight excluding hydrogens is 721 g/mol. The van der Waals surface area contributed by atoms with Gasteiger partial charge in [-0.2, -0.15) is 0 Å². The molecule has 0 atom stereocenters. The van der Waals surface area contributed by atoms with Crippen molar-refractivity contribution in [1.82, 2.24) is 0 Å². The van der Waals surface area contributed by atoms with Gasteiger partial charge in [-0.15, -0.1) is 0 Å². The van der Waals surface area contributed by atoms with Crippen molar-refractivity contribution in [3.63, 3.8) is 0 Å². The van der Waals surface area contributed by atoms with Crippen LogP contribution >= 0.6 is 0 Å². The van der Waals surface area contributed by atoms with Crippen LogP contribution in [0, 0.1) is 0 Å². The van der Waals surface area contributed by atoms with Crippen LogP contribution in [0.5, 0.6) is 0 Å². The van der Waals surface area contributed by atoms with Crippen LogP contribution in [0.4, 0.5) is 0 Å². The average Bonchev–Trinajstić information content (AvgIpc) is 3.33. The lowest BCUT2D eigenvalue weighted by atomic mass is 9.82. The number of fused-ring (bicyclic) bond motifs is 3. The molecule has 0 fully saturated rings. The summed E-state index contributed by atoms with van der Waals surface area (Å²) >= 11 is 0. The molecule has 0 saturated heterocycles. The molecule has 0 saturated carbocycles. The van der Waals surface area contributed by atoms with Crippen molar-refractivity contribution in [1.29, 1.82) is 0 Å². The molecule has 0 heteroatoms. The molecule has 0 bridgehead atoms. The van der Waals surface area contributed by atoms with E-state index in [1.54, 1.807) is 0 Å². The summed E-state index contributed by atoms with van der Waals surface area (Å²) in [5.41, 5.74) is 17.0. The largest absolute Gasteiger partial charge is 0.0622 e. The fourth-order valence-electron chi connectivity index (χ4n) is 9.32. The van der Waals surface area contributed by atoms with Gasteiger partial charge in [0.15, 0.2) is 0 Å². The van der Waals surface area contributed by atoms with Gasteiger partial charge >= 0.3 is 0 Å². The first-order valence-corrected chi connectivity index (χ1v) is 20.8. The van der Waals surface area contributed by atoms with Crippen molar-refractivity contribution in [3.8, 4) is 77.9 Å². The quantitative estimate of drug-likeness (QED) is 0.142. The molecule has 0 unspecified atom stereocenters. The van der Waals surface area contributed by atoms with Crippen molar-refractivity contribution in [2.75, 3.05) is 0 Å². The highest BCUT2D eigenvalue weighted by Crippen LogP contribution is 2.48. The van der Waals surface area contributed by atoms with Crippen LogP contribution in [0.15, 0.2) is 243 Å². The van der Waals surface area contributed by atoms with Crippen LogP contribution in [0.1, 0.15) is 0 Å². The maximum absolute atomic E-state index is 2.47. The number of hydrogen-bond acceptors (Lipinski definition) is 0. The van der Waals surface area contributed by atoms with E-state index in [4.69, 9.17) is 0 Å². The third-order valence-electron chi connectivity index (χ3n) is 12.0. The van der Waals surface area contributed by atoms with Gasteiger partial charge in [-0.05, 0) is 134 Å². The summed E-state index contributed by atoms with van der Waals surface area (Å²) in [5.74, 6) is 0. The lowest BCUT2D eigenvalue weighted by Gasteiger charge is -2.21. The van der Waals surface area contributed by atoms with Crippen LogP contribution < -0.4 is 0 Å². The Balaban J connectivity index is 1.25. The van der Waals surface area contributed by atoms with Crippen LogP contribution in [-0.2, 0) is 0 Å². The molecule has 0 spiro atoms. The van der Waals surface area contributed by atoms with Gasteiger partial charge in [-0.1, -0.05) is 218 Å². The minimum atomic E-state index is 1.19. The summed E-state index contributed by atoms with van der Waals surface area (Å²) in [7, 11) is 0. The van der Waals surface area contributed by atoms with Crippen LogP contribution in [0.25, 0.3) is 110 Å². The van der Waals surface area contributed by atoms with Crippen molar-refractivity contribution in [3.05, 3.63) is 243 Å². The smallest absolute Gasteiger partial charge is 0.00259 e. The van der Waals surface area contributed by atoms with E-state index in [1.807, 2.05) is 0 Å². The Hall–Kier alpha value is -7.80. The van der Waals surface area contributed by atoms with Crippen molar-refractivity contribution in [2.45, 2.75) is 0 Å². The maximum atomic E-state index is 2.47. The van der Waals surface area contributed by atoms with Gasteiger partial charge in [0, 0.05) is 0 Å². The third kappa shape index (κ3) is 6.27. The molecule has 0 aliphatic carbocycles. The van der Waals surface area contributed by atoms with Crippen LogP contribution in [0.2, 0.25) is 0 Å². The molecule has 0 aromatic heterocycles. The Morgan fingerprint density at radius 1 is 0.167 bits per heavy atom. The third-order valence-corrected chi connectivity index (χ3v) is 12.0. The highest BCUT2D eigenvalue weighted by atomic mass is 14.2. The predicted octanol–water partition coefficient (Wildman–Crippen LogP) is 16.8. The van der Waals surface area contributed by atoms with E-state index in [-0.39, 0.29) is 0 Å². The van der Waals surface area contributed by atoms with Gasteiger partial charge in [-0.25, -0.2) is 0 Å². The monoisotopic (exact) mass is 760 g/mol. The van der Waals surface area contributed by atoms with Crippen LogP contribution in [-0.4, -0.2) is 0 Å². The molecule has 11 aromatic rings. The van der Waals surface area contributed by atoms with Crippen molar-refractivity contribution < 1.29 is 0 Å². The molecule has 0 aliphatic rings. The first-order chi connectivity index (χ1) is 29.8. The summed E-state index contributed by atoms with van der Waals surface area (Å²) < 4.78 is 0. The molecule has 0 amide bonds. The van der Waals surface area contributed by atoms with E-state index in [0.717, 1.165) is 0 Å². The summed E-state index contributed by atoms with van der Waals surface area (Å²) in [4.78, 5) is 0. The minimum absolute atomic E-state index is 1.19. The van der Waals surface area contributed by atoms with E-state index >= 15 is 0 Å². The molecule has 0 heterocycles. The highest BCUT2D eigenvalue weighted by molar-refractivity contribution is 6.22. The second-order valence-corrected chi connectivity index (χ2v) is 15.6. The second-order valence-electron chi connectivity index (χ2n) is 15.6. The Bertz CT molecular complexity index is 3210. The SMILES string of the molecule is c1ccc(-c2cc(-c3ccccc3)cc(-c3c(-c4ccccc4-c4ccccc4)ccc4ccc(-c5c6ccccc6c(-c6ccccc6)c6ccccc56)cc34)c2)cc1. The molecule has 11 rings (SSSR count). The average molecular weight is 761 g/mol. The van der Waals surface area contributed by atoms with Crippen molar-refractivity contribution in [2.24, 2.45) is 0 Å². The lowest BCUT2D eigenvalue weighted by molar-refractivity contribution is 1.56. The first kappa shape index (κ1) is 35.4. The fraction of sp³-hybridized carbons (Fsp3) is 0. The second kappa shape index (κ2) is 15.2. The zero-order valence-electron chi connectivity index (χ0n) is 33.1. The Kier molecular flexibility index (Phi) is 8.95. The van der Waals surface area contributed by atoms with E-state index in [2.05, 4.69) is 243 Å². The zero-order chi connectivity index (χ0) is 39.8. The van der Waals surface area contributed by atoms with E-state index in [9.17, 15) is 0 Å². The van der Waals surface area contributed by atoms with E-state index in [0.29, 0.717) is 0 Å². The molecule has 60 heavy (non-hydrogen) atoms. The molecular formula is C60H40. The Morgan fingerprint density at radius 3 is 1.10 bits per heavy atom. The van der Waals surface area contributed by atoms with Crippen LogP contribution in [0.3, 0.4) is 0 Å². The minimum Gasteiger partial charge on any atom is -0.0622 e. The van der Waals surface area contributed by atoms with Gasteiger partial charge in [0.2, 0.25) is 0 Å². The van der Waals surface area contributed by atoms with E-state index < -0.39 is 0 Å². The zero-order valence-corrected chi connectivity index (χ0v) is 33.1. The normalized spacial score (nSPS) is 11.3. The lowest BCUT2D eigenvalue weighted by Crippen LogP contribution is -1.94. The summed E-state index contributed by atoms with van der Waals surface area (Å²) in [6.45, 7) is 0. The molecule has 0 N–H and O–H groups in total. The standard InChI is InChI=1S/C60H40/c1-5-19-41(20-6-1)47-37-48(42-21-7-2-8-22-42)39-49(38-47)60-56(51-28-14-13-27-50(51)43-23-9-3-10-24-43)36-35-44-33-34-46(40-57(44)60)59-54-31-17-15-29-52(54)58(45-25-11-4-12-26-45)53-30-16-18-32-55(53)59/h1-40H. The first-order valence-electron chi connectivity index (χ1n) is 20.8.